The summed E-state index contributed by atoms with van der Waals surface area (Å²) in [7, 11) is 0. The second-order valence-corrected chi connectivity index (χ2v) is 3.44. The average Bonchev–Trinajstić information content (AvgIpc) is 2.09. The smallest absolute Gasteiger partial charge is 1.00 e. The predicted molar refractivity (Wildman–Crippen MR) is 62.4 cm³/mol. The summed E-state index contributed by atoms with van der Waals surface area (Å²) < 4.78 is 0. The van der Waals surface area contributed by atoms with Crippen molar-refractivity contribution in [1.29, 1.82) is 0 Å². The molecule has 1 rings (SSSR count). The van der Waals surface area contributed by atoms with E-state index < -0.39 is 0 Å². The molecule has 0 aliphatic carbocycles. The van der Waals surface area contributed by atoms with Crippen LogP contribution in [0.4, 0.5) is 0 Å². The monoisotopic (exact) mass is 188 g/mol. The normalized spacial score (nSPS) is 9.38. The first kappa shape index (κ1) is 13.0. The SMILES string of the molecule is CCCCCc1ccc(C)cc1.[H-].[H-].[Mg+2]. The molecule has 0 fully saturated rings. The second kappa shape index (κ2) is 7.40. The van der Waals surface area contributed by atoms with E-state index in [9.17, 15) is 0 Å². The Bertz CT molecular complexity index is 222. The van der Waals surface area contributed by atoms with E-state index in [1.807, 2.05) is 0 Å². The van der Waals surface area contributed by atoms with Gasteiger partial charge in [0.2, 0.25) is 0 Å². The van der Waals surface area contributed by atoms with E-state index in [4.69, 9.17) is 0 Å². The van der Waals surface area contributed by atoms with Crippen molar-refractivity contribution in [2.45, 2.75) is 39.5 Å². The Morgan fingerprint density at radius 2 is 1.69 bits per heavy atom. The van der Waals surface area contributed by atoms with Crippen molar-refractivity contribution in [2.24, 2.45) is 0 Å². The van der Waals surface area contributed by atoms with Gasteiger partial charge >= 0.3 is 23.1 Å². The molecule has 0 saturated carbocycles. The third kappa shape index (κ3) is 5.32. The summed E-state index contributed by atoms with van der Waals surface area (Å²) in [5.74, 6) is 0. The van der Waals surface area contributed by atoms with Gasteiger partial charge in [0, 0.05) is 0 Å². The number of aryl methyl sites for hydroxylation is 2. The molecule has 13 heavy (non-hydrogen) atoms. The molecule has 0 amide bonds. The molecule has 0 N–H and O–H groups in total. The molecule has 0 atom stereocenters. The molecule has 0 bridgehead atoms. The molecule has 0 heterocycles. The van der Waals surface area contributed by atoms with Gasteiger partial charge in [-0.25, -0.2) is 0 Å². The van der Waals surface area contributed by atoms with Gasteiger partial charge in [-0.15, -0.1) is 0 Å². The van der Waals surface area contributed by atoms with Crippen LogP contribution in [0.5, 0.6) is 0 Å². The fraction of sp³-hybridized carbons (Fsp3) is 0.500. The van der Waals surface area contributed by atoms with Crippen molar-refractivity contribution in [3.63, 3.8) is 0 Å². The largest absolute Gasteiger partial charge is 2.00 e. The summed E-state index contributed by atoms with van der Waals surface area (Å²) in [5, 5.41) is 0. The molecule has 1 aromatic carbocycles. The van der Waals surface area contributed by atoms with E-state index in [1.54, 1.807) is 0 Å². The van der Waals surface area contributed by atoms with Crippen molar-refractivity contribution >= 4 is 23.1 Å². The van der Waals surface area contributed by atoms with Gasteiger partial charge in [0.1, 0.15) is 0 Å². The van der Waals surface area contributed by atoms with E-state index in [0.29, 0.717) is 0 Å². The molecular weight excluding hydrogens is 168 g/mol. The van der Waals surface area contributed by atoms with Gasteiger partial charge in [0.15, 0.2) is 0 Å². The van der Waals surface area contributed by atoms with Gasteiger partial charge in [0.05, 0.1) is 0 Å². The van der Waals surface area contributed by atoms with E-state index >= 15 is 0 Å². The van der Waals surface area contributed by atoms with Gasteiger partial charge < -0.3 is 2.85 Å². The quantitative estimate of drug-likeness (QED) is 0.501. The Hall–Kier alpha value is -0.0138. The summed E-state index contributed by atoms with van der Waals surface area (Å²) >= 11 is 0. The van der Waals surface area contributed by atoms with Crippen molar-refractivity contribution in [3.05, 3.63) is 35.4 Å². The van der Waals surface area contributed by atoms with E-state index in [2.05, 4.69) is 38.1 Å². The van der Waals surface area contributed by atoms with Crippen LogP contribution >= 0.6 is 0 Å². The minimum atomic E-state index is 0. The maximum Gasteiger partial charge on any atom is 2.00 e. The van der Waals surface area contributed by atoms with Crippen LogP contribution in [0.15, 0.2) is 24.3 Å². The van der Waals surface area contributed by atoms with E-state index in [0.717, 1.165) is 0 Å². The van der Waals surface area contributed by atoms with E-state index in [-0.39, 0.29) is 25.9 Å². The van der Waals surface area contributed by atoms with Gasteiger partial charge in [0.25, 0.3) is 0 Å². The van der Waals surface area contributed by atoms with Crippen molar-refractivity contribution < 1.29 is 2.85 Å². The molecule has 0 radical (unpaired) electrons. The van der Waals surface area contributed by atoms with Crippen molar-refractivity contribution in [3.8, 4) is 0 Å². The van der Waals surface area contributed by atoms with Gasteiger partial charge in [-0.1, -0.05) is 49.6 Å². The first-order chi connectivity index (χ1) is 5.83. The molecule has 0 unspecified atom stereocenters. The van der Waals surface area contributed by atoms with Crippen molar-refractivity contribution in [1.82, 2.24) is 0 Å². The van der Waals surface area contributed by atoms with Crippen LogP contribution in [-0.2, 0) is 6.42 Å². The van der Waals surface area contributed by atoms with Crippen molar-refractivity contribution in [2.75, 3.05) is 0 Å². The minimum absolute atomic E-state index is 0. The van der Waals surface area contributed by atoms with Gasteiger partial charge in [-0.2, -0.15) is 0 Å². The van der Waals surface area contributed by atoms with E-state index in [1.165, 1.54) is 36.8 Å². The maximum atomic E-state index is 2.25. The number of hydrogen-bond acceptors (Lipinski definition) is 0. The summed E-state index contributed by atoms with van der Waals surface area (Å²) in [6.45, 7) is 4.38. The van der Waals surface area contributed by atoms with Crippen LogP contribution in [-0.4, -0.2) is 23.1 Å². The molecule has 1 heteroatoms. The summed E-state index contributed by atoms with van der Waals surface area (Å²) in [6, 6.07) is 8.87. The topological polar surface area (TPSA) is 0 Å². The predicted octanol–water partition coefficient (Wildman–Crippen LogP) is 3.57. The van der Waals surface area contributed by atoms with Crippen LogP contribution in [0.25, 0.3) is 0 Å². The third-order valence-corrected chi connectivity index (χ3v) is 2.19. The maximum absolute atomic E-state index is 2.25. The summed E-state index contributed by atoms with van der Waals surface area (Å²) in [4.78, 5) is 0. The molecule has 1 aromatic rings. The second-order valence-electron chi connectivity index (χ2n) is 3.44. The molecule has 0 aliphatic rings. The fourth-order valence-corrected chi connectivity index (χ4v) is 1.33. The Morgan fingerprint density at radius 3 is 2.23 bits per heavy atom. The molecule has 0 nitrogen and oxygen atoms in total. The fourth-order valence-electron chi connectivity index (χ4n) is 1.33. The van der Waals surface area contributed by atoms with Crippen LogP contribution in [0.1, 0.15) is 40.2 Å². The molecule has 0 aromatic heterocycles. The Morgan fingerprint density at radius 1 is 1.08 bits per heavy atom. The Kier molecular flexibility index (Phi) is 7.39. The van der Waals surface area contributed by atoms with Crippen LogP contribution in [0.3, 0.4) is 0 Å². The number of hydrogen-bond donors (Lipinski definition) is 0. The zero-order valence-corrected chi connectivity index (χ0v) is 10.3. The molecular formula is C12H20Mg. The molecule has 0 saturated heterocycles. The Balaban J connectivity index is -0.000000480. The van der Waals surface area contributed by atoms with Crippen LogP contribution in [0, 0.1) is 6.92 Å². The number of rotatable bonds is 4. The zero-order valence-electron chi connectivity index (χ0n) is 10.8. The van der Waals surface area contributed by atoms with Gasteiger partial charge in [-0.3, -0.25) is 0 Å². The summed E-state index contributed by atoms with van der Waals surface area (Å²) in [6.07, 6.45) is 5.24. The van der Waals surface area contributed by atoms with Crippen LogP contribution < -0.4 is 0 Å². The van der Waals surface area contributed by atoms with Gasteiger partial charge in [-0.05, 0) is 25.3 Å². The molecule has 0 aliphatic heterocycles. The first-order valence-corrected chi connectivity index (χ1v) is 4.88. The number of benzene rings is 1. The molecule has 70 valence electrons. The zero-order chi connectivity index (χ0) is 8.81. The average molecular weight is 189 g/mol. The molecule has 0 spiro atoms. The Labute approximate surface area is 101 Å². The first-order valence-electron chi connectivity index (χ1n) is 4.88. The standard InChI is InChI=1S/C12H18.Mg.2H/c1-3-4-5-6-12-9-7-11(2)8-10-12;;;/h7-10H,3-6H2,1-2H3;;;/q;+2;2*-1. The summed E-state index contributed by atoms with van der Waals surface area (Å²) in [5.41, 5.74) is 2.84. The van der Waals surface area contributed by atoms with Crippen LogP contribution in [0.2, 0.25) is 0 Å². The minimum Gasteiger partial charge on any atom is -1.00 e. The number of unbranched alkanes of at least 4 members (excludes halogenated alkanes) is 2. The third-order valence-electron chi connectivity index (χ3n) is 2.19.